The molecule has 18 N–H and O–H groups in total. The van der Waals surface area contributed by atoms with Crippen LogP contribution in [0.3, 0.4) is 0 Å². The minimum Gasteiger partial charge on any atom is -0.477 e. The van der Waals surface area contributed by atoms with Gasteiger partial charge in [-0.1, -0.05) is 0 Å². The van der Waals surface area contributed by atoms with Gasteiger partial charge in [-0.25, -0.2) is 13.9 Å². The van der Waals surface area contributed by atoms with Crippen LogP contribution < -0.4 is 0 Å². The highest BCUT2D eigenvalue weighted by molar-refractivity contribution is 7.46. The van der Waals surface area contributed by atoms with E-state index in [0.29, 0.717) is 0 Å². The molecule has 32 heteroatoms. The number of aliphatic hydroxyl groups is 13. The molecule has 0 aromatic carbocycles. The molecule has 4 fully saturated rings. The molecular formula is C27H48O30P2. The Balaban J connectivity index is 1.67. The monoisotopic (exact) mass is 914 g/mol. The van der Waals surface area contributed by atoms with E-state index in [9.17, 15) is 105 Å². The van der Waals surface area contributed by atoms with E-state index in [0.717, 1.165) is 0 Å². The first kappa shape index (κ1) is 50.5. The highest BCUT2D eigenvalue weighted by atomic mass is 31.2. The number of rotatable bonds is 17. The molecule has 346 valence electrons. The molecule has 0 amide bonds. The summed E-state index contributed by atoms with van der Waals surface area (Å²) in [5.74, 6) is -5.57. The van der Waals surface area contributed by atoms with Crippen LogP contribution in [0.15, 0.2) is 0 Å². The molecule has 4 heterocycles. The van der Waals surface area contributed by atoms with Crippen LogP contribution in [0.25, 0.3) is 0 Å². The Kier molecular flexibility index (Phi) is 17.3. The first-order valence-corrected chi connectivity index (χ1v) is 20.3. The first-order valence-electron chi connectivity index (χ1n) is 17.2. The minimum absolute atomic E-state index is 0.897. The van der Waals surface area contributed by atoms with Crippen LogP contribution in [0.2, 0.25) is 0 Å². The fourth-order valence-electron chi connectivity index (χ4n) is 6.71. The van der Waals surface area contributed by atoms with E-state index >= 15 is 0 Å². The van der Waals surface area contributed by atoms with Gasteiger partial charge in [0.2, 0.25) is 0 Å². The smallest absolute Gasteiger partial charge is 0.470 e. The zero-order valence-electron chi connectivity index (χ0n) is 29.9. The van der Waals surface area contributed by atoms with Crippen LogP contribution in [-0.2, 0) is 56.1 Å². The summed E-state index contributed by atoms with van der Waals surface area (Å²) in [5, 5.41) is 144. The molecule has 0 aliphatic carbocycles. The summed E-state index contributed by atoms with van der Waals surface area (Å²) in [4.78, 5) is 50.5. The summed E-state index contributed by atoms with van der Waals surface area (Å²) in [5.41, 5.74) is 0. The van der Waals surface area contributed by atoms with Crippen LogP contribution in [0.5, 0.6) is 0 Å². The Bertz CT molecular complexity index is 1460. The molecule has 30 nitrogen and oxygen atoms in total. The van der Waals surface area contributed by atoms with Crippen molar-refractivity contribution in [1.29, 1.82) is 0 Å². The largest absolute Gasteiger partial charge is 0.477 e. The number of hydrogen-bond acceptors (Lipinski definition) is 25. The number of hydrogen-bond donors (Lipinski definition) is 18. The van der Waals surface area contributed by atoms with Gasteiger partial charge >= 0.3 is 21.6 Å². The number of aliphatic carboxylic acids is 1. The van der Waals surface area contributed by atoms with E-state index in [-0.39, 0.29) is 0 Å². The zero-order valence-corrected chi connectivity index (χ0v) is 31.7. The summed E-state index contributed by atoms with van der Waals surface area (Å²) in [7, 11) is -11.5. The van der Waals surface area contributed by atoms with E-state index in [2.05, 4.69) is 4.52 Å². The van der Waals surface area contributed by atoms with Gasteiger partial charge in [0.1, 0.15) is 104 Å². The van der Waals surface area contributed by atoms with Crippen molar-refractivity contribution in [2.45, 2.75) is 135 Å². The lowest BCUT2D eigenvalue weighted by molar-refractivity contribution is -0.390. The highest BCUT2D eigenvalue weighted by Crippen LogP contribution is 2.47. The summed E-state index contributed by atoms with van der Waals surface area (Å²) in [6, 6.07) is 0. The van der Waals surface area contributed by atoms with Crippen molar-refractivity contribution < 1.29 is 147 Å². The first-order chi connectivity index (χ1) is 27.3. The predicted molar refractivity (Wildman–Crippen MR) is 173 cm³/mol. The number of carboxylic acid groups (broad SMARTS) is 1. The van der Waals surface area contributed by atoms with Gasteiger partial charge in [0.15, 0.2) is 18.9 Å². The van der Waals surface area contributed by atoms with Crippen molar-refractivity contribution in [2.24, 2.45) is 0 Å². The summed E-state index contributed by atoms with van der Waals surface area (Å²) in [6.07, 6.45) is -45.3. The third kappa shape index (κ3) is 11.7. The SMILES string of the molecule is O=C(O)[C@@]1(O)C[C@@H](OP(=O)(O)O)[C@@H](O[C@H]2O[C@H]([C@@H](O)CO)[C@@H](O[C@@H]3O[C@H](CO)[C@H](O[C@H]4O[C@H](CO)[C@@H](O)[C@H](O)[C@H]4O)[C@@H](O)[C@H]3O)[C@H](OP(=O)(O)O)[C@@H]2O)[C@@H]([C@H](O)CO)O1. The maximum atomic E-state index is 12.2. The van der Waals surface area contributed by atoms with Crippen molar-refractivity contribution in [3.05, 3.63) is 0 Å². The average molecular weight is 915 g/mol. The molecule has 4 rings (SSSR count). The quantitative estimate of drug-likeness (QED) is 0.0602. The lowest BCUT2D eigenvalue weighted by atomic mass is 9.91. The van der Waals surface area contributed by atoms with Crippen molar-refractivity contribution in [2.75, 3.05) is 26.4 Å². The Morgan fingerprint density at radius 1 is 0.610 bits per heavy atom. The van der Waals surface area contributed by atoms with Gasteiger partial charge in [-0.3, -0.25) is 9.05 Å². The minimum atomic E-state index is -5.82. The van der Waals surface area contributed by atoms with E-state index in [1.165, 1.54) is 0 Å². The normalized spacial score (nSPS) is 44.8. The van der Waals surface area contributed by atoms with Crippen LogP contribution in [-0.4, -0.2) is 252 Å². The van der Waals surface area contributed by atoms with Crippen LogP contribution in [0, 0.1) is 0 Å². The van der Waals surface area contributed by atoms with Gasteiger partial charge in [0.25, 0.3) is 5.79 Å². The van der Waals surface area contributed by atoms with E-state index < -0.39 is 183 Å². The second-order valence-corrected chi connectivity index (χ2v) is 16.1. The van der Waals surface area contributed by atoms with E-state index in [4.69, 9.17) is 37.7 Å². The third-order valence-electron chi connectivity index (χ3n) is 9.59. The van der Waals surface area contributed by atoms with E-state index in [1.54, 1.807) is 0 Å². The van der Waals surface area contributed by atoms with Gasteiger partial charge < -0.3 is 124 Å². The molecule has 4 aliphatic rings. The molecule has 0 bridgehead atoms. The van der Waals surface area contributed by atoms with Crippen LogP contribution in [0.4, 0.5) is 0 Å². The summed E-state index contributed by atoms with van der Waals surface area (Å²) >= 11 is 0. The third-order valence-corrected chi connectivity index (χ3v) is 10.7. The second-order valence-electron chi connectivity index (χ2n) is 13.7. The molecule has 0 aromatic rings. The molecule has 0 aromatic heterocycles. The molecule has 0 radical (unpaired) electrons. The number of aliphatic hydroxyl groups excluding tert-OH is 12. The number of carbonyl (C=O) groups is 1. The molecule has 0 saturated carbocycles. The summed E-state index contributed by atoms with van der Waals surface area (Å²) < 4.78 is 71.2. The molecule has 0 unspecified atom stereocenters. The van der Waals surface area contributed by atoms with Gasteiger partial charge in [-0.2, -0.15) is 0 Å². The Hall–Kier alpha value is -1.11. The van der Waals surface area contributed by atoms with E-state index in [1.807, 2.05) is 0 Å². The molecule has 4 aliphatic heterocycles. The maximum Gasteiger partial charge on any atom is 0.470 e. The van der Waals surface area contributed by atoms with Gasteiger partial charge in [0, 0.05) is 6.42 Å². The standard InChI is InChI=1S/C27H48O30P2/c28-2-6(32)17-22(54-24-15(38)13(36)19(10(5-31)50-24)52-23-14(37)12(35)11(34)9(4-30)49-23)21(57-59(46,47)48)16(39)25(51-17)53-20-8(56-58(43,44)45)1-27(42,26(40)41)55-18(20)7(33)3-29/h6-25,28-39,42H,1-5H2,(H,40,41)(H2,43,44,45)(H2,46,47,48)/t6-,7+,8+,9+,10+,11+,12-,13-,14+,15+,16-,17+,18+,19-,20+,21+,22+,23+,24-,25+,27+/m0/s1. The molecular weight excluding hydrogens is 866 g/mol. The fraction of sp³-hybridized carbons (Fsp3) is 0.963. The van der Waals surface area contributed by atoms with Gasteiger partial charge in [-0.05, 0) is 0 Å². The van der Waals surface area contributed by atoms with Crippen LogP contribution in [0.1, 0.15) is 6.42 Å². The number of phosphoric ester groups is 2. The average Bonchev–Trinajstić information content (AvgIpc) is 3.15. The van der Waals surface area contributed by atoms with Gasteiger partial charge in [-0.15, -0.1) is 0 Å². The Morgan fingerprint density at radius 3 is 1.59 bits per heavy atom. The van der Waals surface area contributed by atoms with Gasteiger partial charge in [0.05, 0.1) is 26.4 Å². The lowest BCUT2D eigenvalue weighted by Gasteiger charge is -2.50. The highest BCUT2D eigenvalue weighted by Gasteiger charge is 2.60. The zero-order chi connectivity index (χ0) is 44.5. The fourth-order valence-corrected chi connectivity index (χ4v) is 7.82. The second kappa shape index (κ2) is 20.2. The van der Waals surface area contributed by atoms with Crippen molar-refractivity contribution in [3.8, 4) is 0 Å². The lowest BCUT2D eigenvalue weighted by Crippen LogP contribution is -2.69. The number of carboxylic acids is 1. The topological polar surface area (TPSA) is 498 Å². The molecule has 4 saturated heterocycles. The van der Waals surface area contributed by atoms with Crippen LogP contribution >= 0.6 is 15.6 Å². The van der Waals surface area contributed by atoms with Crippen molar-refractivity contribution in [3.63, 3.8) is 0 Å². The molecule has 59 heavy (non-hydrogen) atoms. The van der Waals surface area contributed by atoms with Crippen molar-refractivity contribution >= 4 is 21.6 Å². The van der Waals surface area contributed by atoms with Crippen molar-refractivity contribution in [1.82, 2.24) is 0 Å². The summed E-state index contributed by atoms with van der Waals surface area (Å²) in [6.45, 7) is -4.64. The number of ether oxygens (including phenoxy) is 7. The predicted octanol–water partition coefficient (Wildman–Crippen LogP) is -10.3. The molecule has 0 spiro atoms. The molecule has 21 atom stereocenters. The Morgan fingerprint density at radius 2 is 1.08 bits per heavy atom. The maximum absolute atomic E-state index is 12.2. The Labute approximate surface area is 330 Å². The number of phosphoric acid groups is 2.